The molecule has 0 bridgehead atoms. The smallest absolute Gasteiger partial charge is 0.254 e. The molecule has 1 saturated heterocycles. The summed E-state index contributed by atoms with van der Waals surface area (Å²) >= 11 is 5.89. The molecule has 2 amide bonds. The predicted molar refractivity (Wildman–Crippen MR) is 153 cm³/mol. The number of unbranched alkanes of at least 4 members (excludes halogenated alkanes) is 1. The van der Waals surface area contributed by atoms with E-state index in [1.165, 1.54) is 31.0 Å². The molecular formula is C30H35ClFN3O3. The van der Waals surface area contributed by atoms with Crippen molar-refractivity contribution in [1.82, 2.24) is 9.88 Å². The van der Waals surface area contributed by atoms with Crippen molar-refractivity contribution in [2.45, 2.75) is 40.0 Å². The van der Waals surface area contributed by atoms with Crippen LogP contribution in [0.15, 0.2) is 49.1 Å². The number of aryl methyl sites for hydroxylation is 1. The molecule has 8 heteroatoms. The van der Waals surface area contributed by atoms with Gasteiger partial charge in [0, 0.05) is 36.2 Å². The molecule has 0 unspecified atom stereocenters. The van der Waals surface area contributed by atoms with E-state index in [1.807, 2.05) is 13.0 Å². The van der Waals surface area contributed by atoms with Crippen molar-refractivity contribution in [2.75, 3.05) is 26.3 Å². The number of nitrogens with zero attached hydrogens (tertiary/aromatic N) is 1. The SMILES string of the molecule is C=C(/C=C(/C(N)=O)c1[nH]c2cc(C(=O)N3CCCOCC3)ccc2c1C)c1ccc(F)c(Cl)c1.CCCC. The lowest BCUT2D eigenvalue weighted by Crippen LogP contribution is -2.33. The van der Waals surface area contributed by atoms with Crippen molar-refractivity contribution >= 4 is 45.5 Å². The zero-order chi connectivity index (χ0) is 27.8. The molecule has 1 aliphatic rings. The highest BCUT2D eigenvalue weighted by Crippen LogP contribution is 2.30. The Balaban J connectivity index is 0.000000934. The van der Waals surface area contributed by atoms with Crippen molar-refractivity contribution in [3.8, 4) is 0 Å². The molecular weight excluding hydrogens is 505 g/mol. The molecule has 0 radical (unpaired) electrons. The largest absolute Gasteiger partial charge is 0.380 e. The van der Waals surface area contributed by atoms with Crippen LogP contribution in [0.25, 0.3) is 22.0 Å². The summed E-state index contributed by atoms with van der Waals surface area (Å²) in [6.07, 6.45) is 4.99. The number of hydrogen-bond acceptors (Lipinski definition) is 3. The van der Waals surface area contributed by atoms with Crippen LogP contribution >= 0.6 is 11.6 Å². The Kier molecular flexibility index (Phi) is 10.3. The van der Waals surface area contributed by atoms with Crippen LogP contribution in [0.4, 0.5) is 4.39 Å². The van der Waals surface area contributed by atoms with E-state index in [1.54, 1.807) is 23.1 Å². The molecule has 3 N–H and O–H groups in total. The third kappa shape index (κ3) is 6.91. The van der Waals surface area contributed by atoms with Crippen LogP contribution in [0.5, 0.6) is 0 Å². The second kappa shape index (κ2) is 13.4. The van der Waals surface area contributed by atoms with Gasteiger partial charge in [0.2, 0.25) is 0 Å². The first-order chi connectivity index (χ1) is 18.2. The van der Waals surface area contributed by atoms with E-state index < -0.39 is 11.7 Å². The normalized spacial score (nSPS) is 14.0. The van der Waals surface area contributed by atoms with Crippen LogP contribution in [-0.2, 0) is 9.53 Å². The number of aromatic nitrogens is 1. The average Bonchev–Trinajstić information content (AvgIpc) is 3.06. The van der Waals surface area contributed by atoms with Crippen LogP contribution < -0.4 is 5.73 Å². The minimum absolute atomic E-state index is 0.0392. The number of nitrogens with one attached hydrogen (secondary N) is 1. The molecule has 0 spiro atoms. The number of aromatic amines is 1. The summed E-state index contributed by atoms with van der Waals surface area (Å²) in [7, 11) is 0. The van der Waals surface area contributed by atoms with E-state index in [2.05, 4.69) is 25.4 Å². The Bertz CT molecular complexity index is 1350. The number of nitrogens with two attached hydrogens (primary N) is 1. The highest BCUT2D eigenvalue weighted by Gasteiger charge is 2.21. The van der Waals surface area contributed by atoms with Gasteiger partial charge >= 0.3 is 0 Å². The molecule has 1 aromatic heterocycles. The lowest BCUT2D eigenvalue weighted by Gasteiger charge is -2.19. The lowest BCUT2D eigenvalue weighted by molar-refractivity contribution is -0.112. The van der Waals surface area contributed by atoms with Crippen LogP contribution in [0.3, 0.4) is 0 Å². The Morgan fingerprint density at radius 1 is 1.13 bits per heavy atom. The van der Waals surface area contributed by atoms with E-state index >= 15 is 0 Å². The van der Waals surface area contributed by atoms with Crippen molar-refractivity contribution < 1.29 is 18.7 Å². The highest BCUT2D eigenvalue weighted by atomic mass is 35.5. The fourth-order valence-corrected chi connectivity index (χ4v) is 4.27. The van der Waals surface area contributed by atoms with E-state index in [4.69, 9.17) is 22.1 Å². The van der Waals surface area contributed by atoms with Crippen molar-refractivity contribution in [2.24, 2.45) is 5.73 Å². The van der Waals surface area contributed by atoms with Crippen LogP contribution in [0, 0.1) is 12.7 Å². The fraction of sp³-hybridized carbons (Fsp3) is 0.333. The highest BCUT2D eigenvalue weighted by molar-refractivity contribution is 6.31. The molecule has 1 fully saturated rings. The van der Waals surface area contributed by atoms with Gasteiger partial charge in [-0.25, -0.2) is 4.39 Å². The van der Waals surface area contributed by atoms with Crippen LogP contribution in [0.2, 0.25) is 5.02 Å². The number of benzene rings is 2. The summed E-state index contributed by atoms with van der Waals surface area (Å²) in [5, 5.41) is 0.830. The van der Waals surface area contributed by atoms with E-state index in [0.29, 0.717) is 54.2 Å². The quantitative estimate of drug-likeness (QED) is 0.276. The second-order valence-electron chi connectivity index (χ2n) is 9.22. The maximum atomic E-state index is 13.5. The van der Waals surface area contributed by atoms with Gasteiger partial charge in [-0.3, -0.25) is 9.59 Å². The molecule has 1 aliphatic heterocycles. The molecule has 0 atom stereocenters. The molecule has 3 aromatic rings. The third-order valence-electron chi connectivity index (χ3n) is 6.46. The Labute approximate surface area is 228 Å². The number of halogens is 2. The van der Waals surface area contributed by atoms with Gasteiger partial charge in [-0.2, -0.15) is 0 Å². The number of carbonyl (C=O) groups is 2. The van der Waals surface area contributed by atoms with Gasteiger partial charge in [0.25, 0.3) is 11.8 Å². The first kappa shape index (κ1) is 29.1. The molecule has 38 heavy (non-hydrogen) atoms. The number of allylic oxidation sites excluding steroid dienone is 2. The van der Waals surface area contributed by atoms with Gasteiger partial charge < -0.3 is 20.4 Å². The Hall–Kier alpha value is -3.42. The minimum Gasteiger partial charge on any atom is -0.380 e. The predicted octanol–water partition coefficient (Wildman–Crippen LogP) is 6.52. The van der Waals surface area contributed by atoms with Crippen molar-refractivity contribution in [1.29, 1.82) is 0 Å². The topological polar surface area (TPSA) is 88.4 Å². The zero-order valence-corrected chi connectivity index (χ0v) is 23.0. The van der Waals surface area contributed by atoms with Crippen LogP contribution in [0.1, 0.15) is 60.3 Å². The molecule has 202 valence electrons. The molecule has 2 heterocycles. The number of ether oxygens (including phenoxy) is 1. The van der Waals surface area contributed by atoms with E-state index in [9.17, 15) is 14.0 Å². The summed E-state index contributed by atoms with van der Waals surface area (Å²) < 4.78 is 19.0. The summed E-state index contributed by atoms with van der Waals surface area (Å²) in [5.74, 6) is -1.25. The average molecular weight is 540 g/mol. The van der Waals surface area contributed by atoms with Gasteiger partial charge in [-0.05, 0) is 60.4 Å². The van der Waals surface area contributed by atoms with Crippen molar-refractivity contribution in [3.05, 3.63) is 82.3 Å². The summed E-state index contributed by atoms with van der Waals surface area (Å²) in [4.78, 5) is 30.4. The number of primary amides is 1. The molecule has 4 rings (SSSR count). The van der Waals surface area contributed by atoms with Gasteiger partial charge in [-0.15, -0.1) is 0 Å². The number of fused-ring (bicyclic) bond motifs is 1. The summed E-state index contributed by atoms with van der Waals surface area (Å²) in [6.45, 7) is 12.6. The number of amides is 2. The van der Waals surface area contributed by atoms with Gasteiger partial charge in [0.1, 0.15) is 5.82 Å². The molecule has 6 nitrogen and oxygen atoms in total. The van der Waals surface area contributed by atoms with Crippen molar-refractivity contribution in [3.63, 3.8) is 0 Å². The maximum absolute atomic E-state index is 13.5. The van der Waals surface area contributed by atoms with Gasteiger partial charge in [-0.1, -0.05) is 57.0 Å². The molecule has 2 aromatic carbocycles. The number of hydrogen-bond donors (Lipinski definition) is 2. The first-order valence-electron chi connectivity index (χ1n) is 12.8. The fourth-order valence-electron chi connectivity index (χ4n) is 4.09. The Morgan fingerprint density at radius 3 is 2.50 bits per heavy atom. The van der Waals surface area contributed by atoms with Gasteiger partial charge in [0.05, 0.1) is 22.9 Å². The number of carbonyl (C=O) groups excluding carboxylic acids is 2. The summed E-state index contributed by atoms with van der Waals surface area (Å²) in [6, 6.07) is 9.64. The first-order valence-corrected chi connectivity index (χ1v) is 13.2. The number of rotatable bonds is 6. The Morgan fingerprint density at radius 2 is 1.84 bits per heavy atom. The van der Waals surface area contributed by atoms with E-state index in [-0.39, 0.29) is 16.5 Å². The lowest BCUT2D eigenvalue weighted by atomic mass is 10.00. The van der Waals surface area contributed by atoms with Gasteiger partial charge in [0.15, 0.2) is 0 Å². The summed E-state index contributed by atoms with van der Waals surface area (Å²) in [5.41, 5.74) is 9.55. The van der Waals surface area contributed by atoms with E-state index in [0.717, 1.165) is 17.4 Å². The zero-order valence-electron chi connectivity index (χ0n) is 22.2. The molecule has 0 saturated carbocycles. The minimum atomic E-state index is -0.648. The molecule has 0 aliphatic carbocycles. The second-order valence-corrected chi connectivity index (χ2v) is 9.63. The number of H-pyrrole nitrogens is 1. The maximum Gasteiger partial charge on any atom is 0.254 e. The van der Waals surface area contributed by atoms with Crippen LogP contribution in [-0.4, -0.2) is 48.0 Å². The standard InChI is InChI=1S/C26H25ClFN3O3.C4H10/c1-15(17-5-7-22(28)21(27)13-17)12-20(25(29)32)24-16(2)19-6-4-18(14-23(19)30-24)26(33)31-8-3-10-34-11-9-31;1-3-4-2/h4-7,12-14,30H,1,3,8-11H2,2H3,(H2,29,32);3-4H2,1-2H3/b20-12+;. The monoisotopic (exact) mass is 539 g/mol. The third-order valence-corrected chi connectivity index (χ3v) is 6.75.